The summed E-state index contributed by atoms with van der Waals surface area (Å²) in [4.78, 5) is 21.1. The number of hydrogen-bond donors (Lipinski definition) is 0. The van der Waals surface area contributed by atoms with Crippen molar-refractivity contribution in [2.45, 2.75) is 26.8 Å². The van der Waals surface area contributed by atoms with Gasteiger partial charge in [-0.2, -0.15) is 0 Å². The number of carbonyl (C=O) groups is 1. The fourth-order valence-electron chi connectivity index (χ4n) is 2.95. The normalized spacial score (nSPS) is 15.8. The lowest BCUT2D eigenvalue weighted by Crippen LogP contribution is -2.48. The van der Waals surface area contributed by atoms with Crippen LogP contribution in [0.4, 0.5) is 0 Å². The van der Waals surface area contributed by atoms with Crippen LogP contribution in [0.25, 0.3) is 0 Å². The van der Waals surface area contributed by atoms with Gasteiger partial charge in [0.05, 0.1) is 5.69 Å². The standard InChI is InChI=1S/C17H22N4O2/c1-3-15-16(13(2)23-19-15)17(22)21-9-7-20(8-10-21)12-14-5-4-6-18-11-14/h4-6,11H,3,7-10,12H2,1-2H3. The molecule has 0 spiro atoms. The molecule has 0 aromatic carbocycles. The Hall–Kier alpha value is -2.21. The molecule has 2 aromatic heterocycles. The van der Waals surface area contributed by atoms with Crippen LogP contribution < -0.4 is 0 Å². The van der Waals surface area contributed by atoms with Gasteiger partial charge in [0.25, 0.3) is 5.91 Å². The van der Waals surface area contributed by atoms with Crippen LogP contribution in [0.1, 0.15) is 34.3 Å². The van der Waals surface area contributed by atoms with Crippen LogP contribution >= 0.6 is 0 Å². The Morgan fingerprint density at radius 3 is 2.74 bits per heavy atom. The van der Waals surface area contributed by atoms with E-state index in [1.807, 2.05) is 24.1 Å². The highest BCUT2D eigenvalue weighted by Crippen LogP contribution is 2.18. The van der Waals surface area contributed by atoms with E-state index in [2.05, 4.69) is 21.1 Å². The molecule has 3 heterocycles. The first-order valence-corrected chi connectivity index (χ1v) is 8.04. The second-order valence-electron chi connectivity index (χ2n) is 5.84. The molecule has 0 N–H and O–H groups in total. The van der Waals surface area contributed by atoms with Crippen LogP contribution in [-0.4, -0.2) is 52.0 Å². The maximum Gasteiger partial charge on any atom is 0.259 e. The summed E-state index contributed by atoms with van der Waals surface area (Å²) in [6, 6.07) is 4.04. The average Bonchev–Trinajstić information content (AvgIpc) is 2.96. The minimum atomic E-state index is 0.0432. The number of carbonyl (C=O) groups excluding carboxylic acids is 1. The molecule has 0 unspecified atom stereocenters. The molecule has 1 amide bonds. The summed E-state index contributed by atoms with van der Waals surface area (Å²) < 4.78 is 5.18. The third kappa shape index (κ3) is 3.42. The molecule has 1 saturated heterocycles. The molecule has 0 aliphatic carbocycles. The van der Waals surface area contributed by atoms with Crippen molar-refractivity contribution in [1.82, 2.24) is 19.9 Å². The van der Waals surface area contributed by atoms with Gasteiger partial charge < -0.3 is 9.42 Å². The summed E-state index contributed by atoms with van der Waals surface area (Å²) >= 11 is 0. The Labute approximate surface area is 136 Å². The van der Waals surface area contributed by atoms with E-state index in [4.69, 9.17) is 4.52 Å². The van der Waals surface area contributed by atoms with Gasteiger partial charge in [0.15, 0.2) is 0 Å². The Balaban J connectivity index is 1.60. The molecule has 1 aliphatic heterocycles. The monoisotopic (exact) mass is 314 g/mol. The predicted molar refractivity (Wildman–Crippen MR) is 86.0 cm³/mol. The van der Waals surface area contributed by atoms with Crippen molar-refractivity contribution >= 4 is 5.91 Å². The molecule has 6 heteroatoms. The van der Waals surface area contributed by atoms with Crippen LogP contribution in [0.2, 0.25) is 0 Å². The van der Waals surface area contributed by atoms with Gasteiger partial charge in [0.1, 0.15) is 11.3 Å². The van der Waals surface area contributed by atoms with Crippen LogP contribution in [-0.2, 0) is 13.0 Å². The van der Waals surface area contributed by atoms with Crippen LogP contribution in [0.3, 0.4) is 0 Å². The second-order valence-corrected chi connectivity index (χ2v) is 5.84. The number of pyridine rings is 1. The van der Waals surface area contributed by atoms with Crippen molar-refractivity contribution in [1.29, 1.82) is 0 Å². The molecule has 2 aromatic rings. The number of amides is 1. The number of hydrogen-bond acceptors (Lipinski definition) is 5. The molecule has 3 rings (SSSR count). The van der Waals surface area contributed by atoms with Gasteiger partial charge in [-0.25, -0.2) is 0 Å². The predicted octanol–water partition coefficient (Wildman–Crippen LogP) is 1.90. The first-order chi connectivity index (χ1) is 11.2. The summed E-state index contributed by atoms with van der Waals surface area (Å²) in [6.45, 7) is 7.86. The van der Waals surface area contributed by atoms with E-state index in [0.717, 1.165) is 38.4 Å². The first kappa shape index (κ1) is 15.7. The number of aryl methyl sites for hydroxylation is 2. The van der Waals surface area contributed by atoms with Gasteiger partial charge in [0, 0.05) is 45.1 Å². The van der Waals surface area contributed by atoms with Crippen LogP contribution in [0, 0.1) is 6.92 Å². The minimum Gasteiger partial charge on any atom is -0.361 e. The molecular weight excluding hydrogens is 292 g/mol. The summed E-state index contributed by atoms with van der Waals surface area (Å²) in [5.74, 6) is 0.659. The molecule has 1 aliphatic rings. The van der Waals surface area contributed by atoms with Crippen molar-refractivity contribution in [3.63, 3.8) is 0 Å². The summed E-state index contributed by atoms with van der Waals surface area (Å²) in [7, 11) is 0. The fourth-order valence-corrected chi connectivity index (χ4v) is 2.95. The quantitative estimate of drug-likeness (QED) is 0.862. The summed E-state index contributed by atoms with van der Waals surface area (Å²) in [6.07, 6.45) is 4.39. The van der Waals surface area contributed by atoms with Crippen LogP contribution in [0.15, 0.2) is 29.0 Å². The number of nitrogens with zero attached hydrogens (tertiary/aromatic N) is 4. The Bertz CT molecular complexity index is 660. The van der Waals surface area contributed by atoms with Gasteiger partial charge in [0.2, 0.25) is 0 Å². The highest BCUT2D eigenvalue weighted by atomic mass is 16.5. The maximum absolute atomic E-state index is 12.7. The molecular formula is C17H22N4O2. The zero-order chi connectivity index (χ0) is 16.2. The average molecular weight is 314 g/mol. The van der Waals surface area contributed by atoms with E-state index in [0.29, 0.717) is 17.7 Å². The third-order valence-electron chi connectivity index (χ3n) is 4.27. The van der Waals surface area contributed by atoms with Gasteiger partial charge in [-0.15, -0.1) is 0 Å². The third-order valence-corrected chi connectivity index (χ3v) is 4.27. The molecule has 1 fully saturated rings. The van der Waals surface area contributed by atoms with E-state index in [-0.39, 0.29) is 5.91 Å². The zero-order valence-corrected chi connectivity index (χ0v) is 13.7. The topological polar surface area (TPSA) is 62.5 Å². The number of piperazine rings is 1. The molecule has 23 heavy (non-hydrogen) atoms. The molecule has 122 valence electrons. The van der Waals surface area contributed by atoms with E-state index in [1.165, 1.54) is 5.56 Å². The van der Waals surface area contributed by atoms with E-state index >= 15 is 0 Å². The van der Waals surface area contributed by atoms with Crippen molar-refractivity contribution < 1.29 is 9.32 Å². The van der Waals surface area contributed by atoms with E-state index < -0.39 is 0 Å². The SMILES string of the molecule is CCc1noc(C)c1C(=O)N1CCN(Cc2cccnc2)CC1. The maximum atomic E-state index is 12.7. The highest BCUT2D eigenvalue weighted by Gasteiger charge is 2.27. The highest BCUT2D eigenvalue weighted by molar-refractivity contribution is 5.96. The van der Waals surface area contributed by atoms with Crippen molar-refractivity contribution in [2.24, 2.45) is 0 Å². The molecule has 0 bridgehead atoms. The Morgan fingerprint density at radius 2 is 2.09 bits per heavy atom. The summed E-state index contributed by atoms with van der Waals surface area (Å²) in [5, 5.41) is 3.98. The fraction of sp³-hybridized carbons (Fsp3) is 0.471. The van der Waals surface area contributed by atoms with Crippen molar-refractivity contribution in [3.8, 4) is 0 Å². The Morgan fingerprint density at radius 1 is 1.30 bits per heavy atom. The largest absolute Gasteiger partial charge is 0.361 e. The molecule has 0 radical (unpaired) electrons. The van der Waals surface area contributed by atoms with Gasteiger partial charge in [-0.3, -0.25) is 14.7 Å². The van der Waals surface area contributed by atoms with Gasteiger partial charge in [-0.1, -0.05) is 18.1 Å². The lowest BCUT2D eigenvalue weighted by atomic mass is 10.1. The Kier molecular flexibility index (Phi) is 4.71. The van der Waals surface area contributed by atoms with E-state index in [9.17, 15) is 4.79 Å². The van der Waals surface area contributed by atoms with Gasteiger partial charge in [-0.05, 0) is 25.0 Å². The lowest BCUT2D eigenvalue weighted by Gasteiger charge is -2.34. The van der Waals surface area contributed by atoms with Gasteiger partial charge >= 0.3 is 0 Å². The van der Waals surface area contributed by atoms with Crippen molar-refractivity contribution in [2.75, 3.05) is 26.2 Å². The lowest BCUT2D eigenvalue weighted by molar-refractivity contribution is 0.0625. The molecule has 0 saturated carbocycles. The molecule has 0 atom stereocenters. The minimum absolute atomic E-state index is 0.0432. The number of aromatic nitrogens is 2. The number of rotatable bonds is 4. The zero-order valence-electron chi connectivity index (χ0n) is 13.7. The molecule has 6 nitrogen and oxygen atoms in total. The summed E-state index contributed by atoms with van der Waals surface area (Å²) in [5.41, 5.74) is 2.61. The smallest absolute Gasteiger partial charge is 0.259 e. The van der Waals surface area contributed by atoms with Crippen molar-refractivity contribution in [3.05, 3.63) is 47.1 Å². The van der Waals surface area contributed by atoms with Crippen LogP contribution in [0.5, 0.6) is 0 Å². The first-order valence-electron chi connectivity index (χ1n) is 8.04. The second kappa shape index (κ2) is 6.91. The van der Waals surface area contributed by atoms with E-state index in [1.54, 1.807) is 13.1 Å².